The number of benzene rings is 1. The second-order valence-corrected chi connectivity index (χ2v) is 3.83. The summed E-state index contributed by atoms with van der Waals surface area (Å²) in [6, 6.07) is 3.28. The molecule has 0 radical (unpaired) electrons. The van der Waals surface area contributed by atoms with Crippen LogP contribution in [-0.2, 0) is 16.0 Å². The minimum atomic E-state index is -0.337. The Labute approximate surface area is 99.4 Å². The van der Waals surface area contributed by atoms with E-state index >= 15 is 0 Å². The molecule has 0 aromatic heterocycles. The van der Waals surface area contributed by atoms with Crippen molar-refractivity contribution < 1.29 is 14.3 Å². The van der Waals surface area contributed by atoms with Gasteiger partial charge in [-0.25, -0.2) is 0 Å². The Bertz CT molecular complexity index is 413. The molecule has 0 N–H and O–H groups in total. The molecule has 0 saturated heterocycles. The minimum Gasteiger partial charge on any atom is -0.466 e. The summed E-state index contributed by atoms with van der Waals surface area (Å²) in [5.41, 5.74) is 1.94. The molecule has 0 bridgehead atoms. The van der Waals surface area contributed by atoms with Crippen LogP contribution in [0.15, 0.2) is 12.1 Å². The van der Waals surface area contributed by atoms with Crippen molar-refractivity contribution in [3.8, 4) is 0 Å². The SMILES string of the molecule is CCOC(=O)Cc1c(C)cc(Cl)cc1C=O. The molecule has 0 aliphatic heterocycles. The van der Waals surface area contributed by atoms with Crippen molar-refractivity contribution in [1.29, 1.82) is 0 Å². The van der Waals surface area contributed by atoms with Crippen molar-refractivity contribution in [3.05, 3.63) is 33.8 Å². The van der Waals surface area contributed by atoms with Crippen LogP contribution in [0.2, 0.25) is 5.02 Å². The molecular formula is C12H13ClO3. The Hall–Kier alpha value is -1.35. The van der Waals surface area contributed by atoms with Crippen molar-refractivity contribution in [3.63, 3.8) is 0 Å². The maximum Gasteiger partial charge on any atom is 0.310 e. The summed E-state index contributed by atoms with van der Waals surface area (Å²) in [5.74, 6) is -0.337. The van der Waals surface area contributed by atoms with Crippen LogP contribution in [0.5, 0.6) is 0 Å². The minimum absolute atomic E-state index is 0.102. The third-order valence-corrected chi connectivity index (χ3v) is 2.44. The Morgan fingerprint density at radius 3 is 2.75 bits per heavy atom. The molecule has 0 fully saturated rings. The van der Waals surface area contributed by atoms with Gasteiger partial charge in [0.25, 0.3) is 0 Å². The number of rotatable bonds is 4. The number of hydrogen-bond acceptors (Lipinski definition) is 3. The molecular weight excluding hydrogens is 228 g/mol. The van der Waals surface area contributed by atoms with Crippen LogP contribution in [0.1, 0.15) is 28.4 Å². The summed E-state index contributed by atoms with van der Waals surface area (Å²) < 4.78 is 4.84. The van der Waals surface area contributed by atoms with E-state index in [-0.39, 0.29) is 12.4 Å². The van der Waals surface area contributed by atoms with Crippen LogP contribution < -0.4 is 0 Å². The average Bonchev–Trinajstić information content (AvgIpc) is 2.22. The lowest BCUT2D eigenvalue weighted by molar-refractivity contribution is -0.142. The zero-order valence-corrected chi connectivity index (χ0v) is 10.0. The molecule has 0 heterocycles. The Balaban J connectivity index is 3.02. The van der Waals surface area contributed by atoms with E-state index < -0.39 is 0 Å². The predicted octanol–water partition coefficient (Wildman–Crippen LogP) is 2.57. The highest BCUT2D eigenvalue weighted by molar-refractivity contribution is 6.31. The number of ether oxygens (including phenoxy) is 1. The zero-order chi connectivity index (χ0) is 12.1. The molecule has 16 heavy (non-hydrogen) atoms. The van der Waals surface area contributed by atoms with Crippen LogP contribution in [0.4, 0.5) is 0 Å². The van der Waals surface area contributed by atoms with Gasteiger partial charge < -0.3 is 4.74 Å². The predicted molar refractivity (Wildman–Crippen MR) is 61.9 cm³/mol. The van der Waals surface area contributed by atoms with Crippen LogP contribution in [-0.4, -0.2) is 18.9 Å². The van der Waals surface area contributed by atoms with Gasteiger partial charge in [-0.15, -0.1) is 0 Å². The summed E-state index contributed by atoms with van der Waals surface area (Å²) in [5, 5.41) is 0.493. The Morgan fingerprint density at radius 2 is 2.19 bits per heavy atom. The van der Waals surface area contributed by atoms with E-state index in [4.69, 9.17) is 16.3 Å². The zero-order valence-electron chi connectivity index (χ0n) is 9.25. The molecule has 0 saturated carbocycles. The summed E-state index contributed by atoms with van der Waals surface area (Å²) in [6.07, 6.45) is 0.804. The topological polar surface area (TPSA) is 43.4 Å². The van der Waals surface area contributed by atoms with Gasteiger partial charge in [0.2, 0.25) is 0 Å². The Kier molecular flexibility index (Phi) is 4.50. The van der Waals surface area contributed by atoms with E-state index in [2.05, 4.69) is 0 Å². The van der Waals surface area contributed by atoms with E-state index in [1.165, 1.54) is 0 Å². The molecule has 0 aliphatic rings. The molecule has 0 spiro atoms. The van der Waals surface area contributed by atoms with Gasteiger partial charge in [-0.3, -0.25) is 9.59 Å². The van der Waals surface area contributed by atoms with Crippen LogP contribution in [0.3, 0.4) is 0 Å². The van der Waals surface area contributed by atoms with Gasteiger partial charge in [0.1, 0.15) is 6.29 Å². The van der Waals surface area contributed by atoms with E-state index in [1.54, 1.807) is 19.1 Å². The monoisotopic (exact) mass is 240 g/mol. The summed E-state index contributed by atoms with van der Waals surface area (Å²) in [4.78, 5) is 22.2. The fraction of sp³-hybridized carbons (Fsp3) is 0.333. The molecule has 1 aromatic rings. The largest absolute Gasteiger partial charge is 0.466 e. The maximum atomic E-state index is 11.3. The molecule has 0 aliphatic carbocycles. The van der Waals surface area contributed by atoms with Gasteiger partial charge >= 0.3 is 5.97 Å². The number of aryl methyl sites for hydroxylation is 1. The van der Waals surface area contributed by atoms with Gasteiger partial charge in [-0.2, -0.15) is 0 Å². The van der Waals surface area contributed by atoms with Crippen molar-refractivity contribution in [2.24, 2.45) is 0 Å². The van der Waals surface area contributed by atoms with Crippen molar-refractivity contribution in [1.82, 2.24) is 0 Å². The lowest BCUT2D eigenvalue weighted by atomic mass is 10.00. The molecule has 86 valence electrons. The van der Waals surface area contributed by atoms with Crippen LogP contribution in [0.25, 0.3) is 0 Å². The van der Waals surface area contributed by atoms with Gasteiger partial charge in [0, 0.05) is 10.6 Å². The van der Waals surface area contributed by atoms with Gasteiger partial charge in [-0.05, 0) is 37.1 Å². The van der Waals surface area contributed by atoms with Crippen molar-refractivity contribution in [2.75, 3.05) is 6.61 Å². The number of hydrogen-bond donors (Lipinski definition) is 0. The molecule has 3 nitrogen and oxygen atoms in total. The lowest BCUT2D eigenvalue weighted by Crippen LogP contribution is -2.10. The first-order valence-corrected chi connectivity index (χ1v) is 5.36. The first-order chi connectivity index (χ1) is 7.58. The second kappa shape index (κ2) is 5.66. The van der Waals surface area contributed by atoms with Crippen molar-refractivity contribution >= 4 is 23.9 Å². The molecule has 4 heteroatoms. The summed E-state index contributed by atoms with van der Waals surface area (Å²) in [6.45, 7) is 3.89. The van der Waals surface area contributed by atoms with Gasteiger partial charge in [-0.1, -0.05) is 11.6 Å². The summed E-state index contributed by atoms with van der Waals surface area (Å²) >= 11 is 5.82. The standard InChI is InChI=1S/C12H13ClO3/c1-3-16-12(15)6-11-8(2)4-10(13)5-9(11)7-14/h4-5,7H,3,6H2,1-2H3. The number of halogens is 1. The van der Waals surface area contributed by atoms with Gasteiger partial charge in [0.15, 0.2) is 0 Å². The first kappa shape index (κ1) is 12.7. The van der Waals surface area contributed by atoms with E-state index in [1.807, 2.05) is 6.92 Å². The summed E-state index contributed by atoms with van der Waals surface area (Å²) in [7, 11) is 0. The average molecular weight is 241 g/mol. The smallest absolute Gasteiger partial charge is 0.310 e. The first-order valence-electron chi connectivity index (χ1n) is 4.98. The van der Waals surface area contributed by atoms with E-state index in [0.717, 1.165) is 5.56 Å². The molecule has 1 aromatic carbocycles. The second-order valence-electron chi connectivity index (χ2n) is 3.39. The van der Waals surface area contributed by atoms with Crippen LogP contribution >= 0.6 is 11.6 Å². The third kappa shape index (κ3) is 3.07. The number of carbonyl (C=O) groups is 2. The third-order valence-electron chi connectivity index (χ3n) is 2.23. The van der Waals surface area contributed by atoms with Gasteiger partial charge in [0.05, 0.1) is 13.0 Å². The molecule has 0 atom stereocenters. The molecule has 0 amide bonds. The molecule has 0 unspecified atom stereocenters. The highest BCUT2D eigenvalue weighted by atomic mass is 35.5. The molecule has 1 rings (SSSR count). The maximum absolute atomic E-state index is 11.3. The van der Waals surface area contributed by atoms with E-state index in [9.17, 15) is 9.59 Å². The highest BCUT2D eigenvalue weighted by Crippen LogP contribution is 2.20. The number of esters is 1. The number of aldehydes is 1. The fourth-order valence-corrected chi connectivity index (χ4v) is 1.78. The Morgan fingerprint density at radius 1 is 1.50 bits per heavy atom. The van der Waals surface area contributed by atoms with Crippen molar-refractivity contribution in [2.45, 2.75) is 20.3 Å². The quantitative estimate of drug-likeness (QED) is 0.600. The number of carbonyl (C=O) groups excluding carboxylic acids is 2. The van der Waals surface area contributed by atoms with Crippen LogP contribution in [0, 0.1) is 6.92 Å². The highest BCUT2D eigenvalue weighted by Gasteiger charge is 2.12. The lowest BCUT2D eigenvalue weighted by Gasteiger charge is -2.09. The normalized spacial score (nSPS) is 9.94. The van der Waals surface area contributed by atoms with E-state index in [0.29, 0.717) is 29.0 Å². The fourth-order valence-electron chi connectivity index (χ4n) is 1.50.